The van der Waals surface area contributed by atoms with E-state index in [1.807, 2.05) is 13.8 Å². The third-order valence-corrected chi connectivity index (χ3v) is 8.53. The number of unbranched alkanes of at least 4 members (excludes halogenated alkanes) is 6. The molecular formula is C42H62O8. The van der Waals surface area contributed by atoms with Crippen molar-refractivity contribution < 1.29 is 38.0 Å². The molecule has 50 heavy (non-hydrogen) atoms. The van der Waals surface area contributed by atoms with Crippen molar-refractivity contribution in [3.63, 3.8) is 0 Å². The van der Waals surface area contributed by atoms with Gasteiger partial charge >= 0.3 is 11.9 Å². The molecule has 0 radical (unpaired) electrons. The minimum absolute atomic E-state index is 0.154. The number of esters is 2. The molecule has 0 spiro atoms. The van der Waals surface area contributed by atoms with Gasteiger partial charge in [-0.2, -0.15) is 0 Å². The topological polar surface area (TPSA) is 89.5 Å². The van der Waals surface area contributed by atoms with Crippen molar-refractivity contribution in [3.05, 3.63) is 47.5 Å². The van der Waals surface area contributed by atoms with Crippen LogP contribution in [0.2, 0.25) is 0 Å². The Labute approximate surface area is 300 Å². The fourth-order valence-corrected chi connectivity index (χ4v) is 5.87. The SMILES string of the molecule is CCCCCCC(=O)OC(COCCC)COc1c2ccc(C)cc2c(OCC(COCCC)OC(=O)CCCCCC)c2ccc(C)cc12. The highest BCUT2D eigenvalue weighted by Gasteiger charge is 2.23. The second-order valence-corrected chi connectivity index (χ2v) is 13.4. The van der Waals surface area contributed by atoms with Crippen molar-refractivity contribution in [1.29, 1.82) is 0 Å². The number of benzene rings is 3. The van der Waals surface area contributed by atoms with E-state index in [1.165, 1.54) is 0 Å². The van der Waals surface area contributed by atoms with Gasteiger partial charge in [-0.05, 0) is 51.7 Å². The van der Waals surface area contributed by atoms with E-state index >= 15 is 0 Å². The Morgan fingerprint density at radius 1 is 0.520 bits per heavy atom. The lowest BCUT2D eigenvalue weighted by molar-refractivity contribution is -0.155. The second kappa shape index (κ2) is 23.2. The molecule has 0 N–H and O–H groups in total. The average molecular weight is 695 g/mol. The molecule has 8 heteroatoms. The van der Waals surface area contributed by atoms with E-state index in [-0.39, 0.29) is 38.4 Å². The molecule has 0 saturated heterocycles. The summed E-state index contributed by atoms with van der Waals surface area (Å²) in [7, 11) is 0. The molecule has 0 aromatic heterocycles. The number of hydrogen-bond donors (Lipinski definition) is 0. The van der Waals surface area contributed by atoms with E-state index in [1.54, 1.807) is 0 Å². The van der Waals surface area contributed by atoms with Crippen LogP contribution >= 0.6 is 0 Å². The highest BCUT2D eigenvalue weighted by Crippen LogP contribution is 2.43. The molecule has 0 fully saturated rings. The highest BCUT2D eigenvalue weighted by atomic mass is 16.6. The van der Waals surface area contributed by atoms with Crippen LogP contribution in [0, 0.1) is 13.8 Å². The Morgan fingerprint density at radius 2 is 0.940 bits per heavy atom. The zero-order valence-electron chi connectivity index (χ0n) is 31.6. The molecule has 3 aromatic rings. The molecule has 0 saturated carbocycles. The summed E-state index contributed by atoms with van der Waals surface area (Å²) >= 11 is 0. The van der Waals surface area contributed by atoms with Crippen LogP contribution < -0.4 is 9.47 Å². The Kier molecular flexibility index (Phi) is 19.0. The maximum atomic E-state index is 12.8. The van der Waals surface area contributed by atoms with Gasteiger partial charge < -0.3 is 28.4 Å². The lowest BCUT2D eigenvalue weighted by Gasteiger charge is -2.23. The number of rotatable bonds is 26. The molecule has 0 bridgehead atoms. The van der Waals surface area contributed by atoms with Gasteiger partial charge in [0.25, 0.3) is 0 Å². The normalized spacial score (nSPS) is 12.6. The molecule has 0 heterocycles. The van der Waals surface area contributed by atoms with E-state index in [9.17, 15) is 9.59 Å². The van der Waals surface area contributed by atoms with Crippen molar-refractivity contribution in [2.24, 2.45) is 0 Å². The quantitative estimate of drug-likeness (QED) is 0.0466. The van der Waals surface area contributed by atoms with E-state index in [2.05, 4.69) is 64.1 Å². The first kappa shape index (κ1) is 41.1. The van der Waals surface area contributed by atoms with E-state index in [4.69, 9.17) is 28.4 Å². The summed E-state index contributed by atoms with van der Waals surface area (Å²) in [5, 5.41) is 3.55. The number of carbonyl (C=O) groups is 2. The van der Waals surface area contributed by atoms with Gasteiger partial charge in [-0.3, -0.25) is 9.59 Å². The third-order valence-electron chi connectivity index (χ3n) is 8.53. The molecule has 278 valence electrons. The lowest BCUT2D eigenvalue weighted by atomic mass is 9.97. The van der Waals surface area contributed by atoms with Gasteiger partial charge in [0.05, 0.1) is 13.2 Å². The van der Waals surface area contributed by atoms with Crippen molar-refractivity contribution in [1.82, 2.24) is 0 Å². The van der Waals surface area contributed by atoms with Crippen LogP contribution in [0.4, 0.5) is 0 Å². The van der Waals surface area contributed by atoms with Crippen molar-refractivity contribution in [3.8, 4) is 11.5 Å². The van der Waals surface area contributed by atoms with Crippen LogP contribution in [0.1, 0.15) is 116 Å². The predicted octanol–water partition coefficient (Wildman–Crippen LogP) is 9.99. The first-order chi connectivity index (χ1) is 24.3. The van der Waals surface area contributed by atoms with E-state index in [0.29, 0.717) is 37.6 Å². The van der Waals surface area contributed by atoms with Crippen LogP contribution in [0.25, 0.3) is 21.5 Å². The molecule has 3 rings (SSSR count). The smallest absolute Gasteiger partial charge is 0.306 e. The van der Waals surface area contributed by atoms with Crippen LogP contribution in [0.5, 0.6) is 11.5 Å². The van der Waals surface area contributed by atoms with Crippen LogP contribution in [0.15, 0.2) is 36.4 Å². The predicted molar refractivity (Wildman–Crippen MR) is 201 cm³/mol. The molecule has 8 nitrogen and oxygen atoms in total. The monoisotopic (exact) mass is 694 g/mol. The largest absolute Gasteiger partial charge is 0.488 e. The fourth-order valence-electron chi connectivity index (χ4n) is 5.87. The van der Waals surface area contributed by atoms with Gasteiger partial charge in [-0.1, -0.05) is 102 Å². The van der Waals surface area contributed by atoms with Gasteiger partial charge in [0.2, 0.25) is 0 Å². The molecule has 0 aliphatic heterocycles. The Bertz CT molecular complexity index is 1340. The third kappa shape index (κ3) is 13.7. The van der Waals surface area contributed by atoms with E-state index < -0.39 is 12.2 Å². The first-order valence-corrected chi connectivity index (χ1v) is 19.1. The maximum Gasteiger partial charge on any atom is 0.306 e. The molecule has 0 aliphatic carbocycles. The maximum absolute atomic E-state index is 12.8. The Hall–Kier alpha value is -3.36. The van der Waals surface area contributed by atoms with E-state index in [0.717, 1.165) is 96.9 Å². The zero-order chi connectivity index (χ0) is 36.1. The fraction of sp³-hybridized carbons (Fsp3) is 0.619. The van der Waals surface area contributed by atoms with Crippen LogP contribution in [-0.2, 0) is 28.5 Å². The Balaban J connectivity index is 1.91. The number of carbonyl (C=O) groups excluding carboxylic acids is 2. The minimum Gasteiger partial charge on any atom is -0.488 e. The number of fused-ring (bicyclic) bond motifs is 2. The van der Waals surface area contributed by atoms with Gasteiger partial charge in [-0.15, -0.1) is 0 Å². The van der Waals surface area contributed by atoms with Crippen LogP contribution in [-0.4, -0.2) is 63.8 Å². The lowest BCUT2D eigenvalue weighted by Crippen LogP contribution is -2.30. The molecule has 2 unspecified atom stereocenters. The van der Waals surface area contributed by atoms with Gasteiger partial charge in [0.1, 0.15) is 24.7 Å². The van der Waals surface area contributed by atoms with Gasteiger partial charge in [0.15, 0.2) is 12.2 Å². The number of ether oxygens (including phenoxy) is 6. The summed E-state index contributed by atoms with van der Waals surface area (Å²) in [4.78, 5) is 25.6. The molecule has 2 atom stereocenters. The standard InChI is InChI=1S/C42H62O8/c1-7-11-13-15-17-39(43)49-33(27-45-23-9-3)29-47-41-35-21-19-32(6)26-38(35)42(36-22-20-31(5)25-37(36)41)48-30-34(28-46-24-10-4)50-40(44)18-16-14-12-8-2/h19-22,25-26,33-34H,7-18,23-24,27-30H2,1-6H3. The van der Waals surface area contributed by atoms with Crippen LogP contribution in [0.3, 0.4) is 0 Å². The summed E-state index contributed by atoms with van der Waals surface area (Å²) in [5.41, 5.74) is 2.15. The van der Waals surface area contributed by atoms with Gasteiger partial charge in [-0.25, -0.2) is 0 Å². The van der Waals surface area contributed by atoms with Crippen molar-refractivity contribution >= 4 is 33.5 Å². The summed E-state index contributed by atoms with van der Waals surface area (Å²) in [6.07, 6.45) is 9.53. The molecule has 0 aliphatic rings. The molecule has 3 aromatic carbocycles. The number of aryl methyl sites for hydroxylation is 2. The number of hydrogen-bond acceptors (Lipinski definition) is 8. The van der Waals surface area contributed by atoms with Crippen molar-refractivity contribution in [2.75, 3.05) is 39.6 Å². The summed E-state index contributed by atoms with van der Waals surface area (Å²) in [6.45, 7) is 14.5. The Morgan fingerprint density at radius 3 is 1.32 bits per heavy atom. The second-order valence-electron chi connectivity index (χ2n) is 13.4. The first-order valence-electron chi connectivity index (χ1n) is 19.1. The average Bonchev–Trinajstić information content (AvgIpc) is 3.10. The highest BCUT2D eigenvalue weighted by molar-refractivity contribution is 6.11. The van der Waals surface area contributed by atoms with Gasteiger partial charge in [0, 0.05) is 47.6 Å². The molecule has 0 amide bonds. The van der Waals surface area contributed by atoms with Crippen molar-refractivity contribution in [2.45, 2.75) is 131 Å². The zero-order valence-corrected chi connectivity index (χ0v) is 31.6. The summed E-state index contributed by atoms with van der Waals surface area (Å²) in [6, 6.07) is 12.4. The summed E-state index contributed by atoms with van der Waals surface area (Å²) in [5.74, 6) is 0.955. The summed E-state index contributed by atoms with van der Waals surface area (Å²) < 4.78 is 36.7. The molecular weight excluding hydrogens is 632 g/mol. The minimum atomic E-state index is -0.544.